The predicted octanol–water partition coefficient (Wildman–Crippen LogP) is 2.01. The second-order valence-electron chi connectivity index (χ2n) is 2.85. The van der Waals surface area contributed by atoms with E-state index in [9.17, 15) is 0 Å². The van der Waals surface area contributed by atoms with Crippen LogP contribution in [0.15, 0.2) is 6.20 Å². The van der Waals surface area contributed by atoms with Gasteiger partial charge in [-0.05, 0) is 36.8 Å². The van der Waals surface area contributed by atoms with Gasteiger partial charge in [0.25, 0.3) is 0 Å². The van der Waals surface area contributed by atoms with Crippen molar-refractivity contribution >= 4 is 11.6 Å². The molecule has 3 heteroatoms. The summed E-state index contributed by atoms with van der Waals surface area (Å²) in [6.07, 6.45) is 6.52. The summed E-state index contributed by atoms with van der Waals surface area (Å²) in [6, 6.07) is 0. The number of hydrogen-bond acceptors (Lipinski definition) is 2. The molecule has 1 aromatic rings. The normalized spacial score (nSPS) is 16.1. The fourth-order valence-corrected chi connectivity index (χ4v) is 1.78. The van der Waals surface area contributed by atoms with Gasteiger partial charge in [-0.25, -0.2) is 0 Å². The van der Waals surface area contributed by atoms with Crippen molar-refractivity contribution in [3.63, 3.8) is 0 Å². The van der Waals surface area contributed by atoms with Gasteiger partial charge in [0.15, 0.2) is 5.15 Å². The lowest BCUT2D eigenvalue weighted by atomic mass is 9.95. The Morgan fingerprint density at radius 2 is 2.09 bits per heavy atom. The van der Waals surface area contributed by atoms with Crippen molar-refractivity contribution in [2.45, 2.75) is 25.7 Å². The van der Waals surface area contributed by atoms with Gasteiger partial charge in [-0.15, -0.1) is 5.10 Å². The molecule has 0 saturated heterocycles. The molecule has 2 rings (SSSR count). The largest absolute Gasteiger partial charge is 0.157 e. The van der Waals surface area contributed by atoms with Crippen molar-refractivity contribution in [3.05, 3.63) is 22.5 Å². The molecule has 0 spiro atoms. The van der Waals surface area contributed by atoms with Crippen LogP contribution in [-0.2, 0) is 12.8 Å². The van der Waals surface area contributed by atoms with Gasteiger partial charge in [0.2, 0.25) is 0 Å². The fraction of sp³-hybridized carbons (Fsp3) is 0.500. The smallest absolute Gasteiger partial charge is 0.155 e. The van der Waals surface area contributed by atoms with Gasteiger partial charge < -0.3 is 0 Å². The lowest BCUT2D eigenvalue weighted by molar-refractivity contribution is 0.674. The zero-order valence-electron chi connectivity index (χ0n) is 6.18. The minimum atomic E-state index is 0.599. The minimum absolute atomic E-state index is 0.599. The maximum absolute atomic E-state index is 5.87. The predicted molar refractivity (Wildman–Crippen MR) is 43.7 cm³/mol. The molecule has 11 heavy (non-hydrogen) atoms. The second-order valence-corrected chi connectivity index (χ2v) is 3.20. The first-order valence-corrected chi connectivity index (χ1v) is 4.24. The molecule has 0 atom stereocenters. The van der Waals surface area contributed by atoms with Gasteiger partial charge >= 0.3 is 0 Å². The van der Waals surface area contributed by atoms with Crippen LogP contribution < -0.4 is 0 Å². The molecule has 1 aliphatic carbocycles. The van der Waals surface area contributed by atoms with E-state index in [0.29, 0.717) is 5.15 Å². The summed E-state index contributed by atoms with van der Waals surface area (Å²) in [7, 11) is 0. The molecule has 0 aromatic carbocycles. The molecule has 2 nitrogen and oxygen atoms in total. The Hall–Kier alpha value is -0.630. The zero-order chi connectivity index (χ0) is 7.68. The van der Waals surface area contributed by atoms with Crippen LogP contribution in [0.2, 0.25) is 5.15 Å². The van der Waals surface area contributed by atoms with Gasteiger partial charge in [-0.1, -0.05) is 11.6 Å². The third-order valence-electron chi connectivity index (χ3n) is 2.12. The van der Waals surface area contributed by atoms with E-state index >= 15 is 0 Å². The summed E-state index contributed by atoms with van der Waals surface area (Å²) in [5, 5.41) is 8.22. The number of rotatable bonds is 0. The monoisotopic (exact) mass is 168 g/mol. The molecule has 58 valence electrons. The van der Waals surface area contributed by atoms with Crippen molar-refractivity contribution < 1.29 is 0 Å². The molecule has 1 aromatic heterocycles. The Kier molecular flexibility index (Phi) is 1.78. The van der Waals surface area contributed by atoms with Crippen LogP contribution in [0.3, 0.4) is 0 Å². The molecule has 0 N–H and O–H groups in total. The van der Waals surface area contributed by atoms with Crippen molar-refractivity contribution in [1.29, 1.82) is 0 Å². The van der Waals surface area contributed by atoms with E-state index in [1.807, 2.05) is 6.20 Å². The third-order valence-corrected chi connectivity index (χ3v) is 2.42. The van der Waals surface area contributed by atoms with Gasteiger partial charge in [0, 0.05) is 0 Å². The molecular formula is C8H9ClN2. The van der Waals surface area contributed by atoms with Gasteiger partial charge in [0.05, 0.1) is 6.20 Å². The number of aromatic nitrogens is 2. The molecule has 0 saturated carbocycles. The lowest BCUT2D eigenvalue weighted by Gasteiger charge is -2.14. The van der Waals surface area contributed by atoms with Crippen LogP contribution in [0, 0.1) is 0 Å². The van der Waals surface area contributed by atoms with Crippen LogP contribution in [0.4, 0.5) is 0 Å². The van der Waals surface area contributed by atoms with Crippen molar-refractivity contribution in [3.8, 4) is 0 Å². The highest BCUT2D eigenvalue weighted by Gasteiger charge is 2.12. The van der Waals surface area contributed by atoms with E-state index in [1.165, 1.54) is 24.0 Å². The lowest BCUT2D eigenvalue weighted by Crippen LogP contribution is -2.05. The molecule has 0 bridgehead atoms. The summed E-state index contributed by atoms with van der Waals surface area (Å²) >= 11 is 5.87. The summed E-state index contributed by atoms with van der Waals surface area (Å²) in [4.78, 5) is 0. The van der Waals surface area contributed by atoms with Gasteiger partial charge in [-0.2, -0.15) is 5.10 Å². The topological polar surface area (TPSA) is 25.8 Å². The Morgan fingerprint density at radius 3 is 2.91 bits per heavy atom. The third kappa shape index (κ3) is 1.23. The Morgan fingerprint density at radius 1 is 1.27 bits per heavy atom. The van der Waals surface area contributed by atoms with Crippen LogP contribution in [0.1, 0.15) is 24.0 Å². The molecule has 0 fully saturated rings. The number of nitrogens with zero attached hydrogens (tertiary/aromatic N) is 2. The highest BCUT2D eigenvalue weighted by molar-refractivity contribution is 6.30. The first-order valence-electron chi connectivity index (χ1n) is 3.87. The Bertz CT molecular complexity index is 273. The molecular weight excluding hydrogens is 160 g/mol. The summed E-state index contributed by atoms with van der Waals surface area (Å²) in [6.45, 7) is 0. The average Bonchev–Trinajstić information content (AvgIpc) is 2.06. The summed E-state index contributed by atoms with van der Waals surface area (Å²) < 4.78 is 0. The summed E-state index contributed by atoms with van der Waals surface area (Å²) in [5.74, 6) is 0. The molecule has 1 aliphatic rings. The summed E-state index contributed by atoms with van der Waals surface area (Å²) in [5.41, 5.74) is 2.50. The SMILES string of the molecule is Clc1nncc2c1CCCC2. The van der Waals surface area contributed by atoms with Crippen molar-refractivity contribution in [1.82, 2.24) is 10.2 Å². The van der Waals surface area contributed by atoms with Crippen molar-refractivity contribution in [2.24, 2.45) is 0 Å². The highest BCUT2D eigenvalue weighted by atomic mass is 35.5. The maximum atomic E-state index is 5.87. The van der Waals surface area contributed by atoms with E-state index in [2.05, 4.69) is 10.2 Å². The highest BCUT2D eigenvalue weighted by Crippen LogP contribution is 2.24. The molecule has 0 unspecified atom stereocenters. The quantitative estimate of drug-likeness (QED) is 0.592. The van der Waals surface area contributed by atoms with Crippen LogP contribution >= 0.6 is 11.6 Å². The van der Waals surface area contributed by atoms with E-state index in [0.717, 1.165) is 12.8 Å². The maximum Gasteiger partial charge on any atom is 0.155 e. The molecule has 1 heterocycles. The van der Waals surface area contributed by atoms with E-state index in [-0.39, 0.29) is 0 Å². The Balaban J connectivity index is 2.49. The standard InChI is InChI=1S/C8H9ClN2/c9-8-7-4-2-1-3-6(7)5-10-11-8/h5H,1-4H2. The zero-order valence-corrected chi connectivity index (χ0v) is 6.93. The second kappa shape index (κ2) is 2.78. The van der Waals surface area contributed by atoms with E-state index < -0.39 is 0 Å². The van der Waals surface area contributed by atoms with Crippen LogP contribution in [0.25, 0.3) is 0 Å². The molecule has 0 amide bonds. The number of hydrogen-bond donors (Lipinski definition) is 0. The van der Waals surface area contributed by atoms with Crippen LogP contribution in [0.5, 0.6) is 0 Å². The number of halogens is 1. The van der Waals surface area contributed by atoms with E-state index in [4.69, 9.17) is 11.6 Å². The van der Waals surface area contributed by atoms with Gasteiger partial charge in [0.1, 0.15) is 0 Å². The Labute approximate surface area is 70.6 Å². The minimum Gasteiger partial charge on any atom is -0.157 e. The first kappa shape index (κ1) is 7.04. The van der Waals surface area contributed by atoms with Gasteiger partial charge in [-0.3, -0.25) is 0 Å². The molecule has 0 radical (unpaired) electrons. The van der Waals surface area contributed by atoms with Crippen LogP contribution in [-0.4, -0.2) is 10.2 Å². The number of aryl methyl sites for hydroxylation is 1. The van der Waals surface area contributed by atoms with Crippen molar-refractivity contribution in [2.75, 3.05) is 0 Å². The molecule has 0 aliphatic heterocycles. The van der Waals surface area contributed by atoms with E-state index in [1.54, 1.807) is 0 Å². The number of fused-ring (bicyclic) bond motifs is 1. The fourth-order valence-electron chi connectivity index (χ4n) is 1.52. The first-order chi connectivity index (χ1) is 5.38. The average molecular weight is 169 g/mol.